The SMILES string of the molecule is Cc1ccc(NC(=O)CN(C)C(=O)CN(Cc2ccc(C(N)=O)cc2)C2CC2)cc1. The van der Waals surface area contributed by atoms with Gasteiger partial charge in [-0.25, -0.2) is 0 Å². The predicted octanol–water partition coefficient (Wildman–Crippen LogP) is 2.16. The van der Waals surface area contributed by atoms with E-state index in [1.807, 2.05) is 43.3 Å². The van der Waals surface area contributed by atoms with Gasteiger partial charge in [0, 0.05) is 30.9 Å². The van der Waals surface area contributed by atoms with Crippen molar-refractivity contribution in [2.24, 2.45) is 5.73 Å². The van der Waals surface area contributed by atoms with Gasteiger partial charge in [0.05, 0.1) is 13.1 Å². The van der Waals surface area contributed by atoms with E-state index in [0.717, 1.165) is 24.0 Å². The summed E-state index contributed by atoms with van der Waals surface area (Å²) in [4.78, 5) is 39.8. The van der Waals surface area contributed by atoms with Crippen molar-refractivity contribution < 1.29 is 14.4 Å². The van der Waals surface area contributed by atoms with Crippen LogP contribution in [0, 0.1) is 6.92 Å². The van der Waals surface area contributed by atoms with Crippen LogP contribution >= 0.6 is 0 Å². The first-order valence-electron chi connectivity index (χ1n) is 10.0. The molecule has 7 nitrogen and oxygen atoms in total. The Balaban J connectivity index is 1.53. The second-order valence-corrected chi connectivity index (χ2v) is 7.86. The largest absolute Gasteiger partial charge is 0.366 e. The number of amides is 3. The first-order valence-corrected chi connectivity index (χ1v) is 10.0. The Morgan fingerprint density at radius 3 is 2.20 bits per heavy atom. The van der Waals surface area contributed by atoms with Gasteiger partial charge < -0.3 is 16.0 Å². The van der Waals surface area contributed by atoms with Gasteiger partial charge in [-0.05, 0) is 49.6 Å². The summed E-state index contributed by atoms with van der Waals surface area (Å²) in [7, 11) is 1.64. The average Bonchev–Trinajstić information content (AvgIpc) is 3.55. The molecule has 0 atom stereocenters. The standard InChI is InChI=1S/C23H28N4O3/c1-16-3-9-19(10-4-16)25-21(28)14-26(2)22(29)15-27(20-11-12-20)13-17-5-7-18(8-6-17)23(24)30/h3-10,20H,11-15H2,1-2H3,(H2,24,30)(H,25,28). The Morgan fingerprint density at radius 1 is 1.00 bits per heavy atom. The van der Waals surface area contributed by atoms with Gasteiger partial charge in [-0.3, -0.25) is 19.3 Å². The normalized spacial score (nSPS) is 13.2. The number of rotatable bonds is 9. The molecule has 2 aromatic rings. The minimum Gasteiger partial charge on any atom is -0.366 e. The van der Waals surface area contributed by atoms with Crippen molar-refractivity contribution in [3.8, 4) is 0 Å². The topological polar surface area (TPSA) is 95.7 Å². The summed E-state index contributed by atoms with van der Waals surface area (Å²) in [5, 5.41) is 2.81. The maximum Gasteiger partial charge on any atom is 0.248 e. The molecule has 0 bridgehead atoms. The summed E-state index contributed by atoms with van der Waals surface area (Å²) >= 11 is 0. The van der Waals surface area contributed by atoms with Crippen molar-refractivity contribution in [2.75, 3.05) is 25.5 Å². The van der Waals surface area contributed by atoms with Gasteiger partial charge in [-0.15, -0.1) is 0 Å². The number of nitrogens with two attached hydrogens (primary N) is 1. The third-order valence-corrected chi connectivity index (χ3v) is 5.17. The van der Waals surface area contributed by atoms with Crippen LogP contribution in [0.1, 0.15) is 34.3 Å². The fourth-order valence-corrected chi connectivity index (χ4v) is 3.20. The summed E-state index contributed by atoms with van der Waals surface area (Å²) in [6.07, 6.45) is 2.12. The van der Waals surface area contributed by atoms with Gasteiger partial charge in [0.1, 0.15) is 0 Å². The molecule has 0 unspecified atom stereocenters. The highest BCUT2D eigenvalue weighted by Gasteiger charge is 2.31. The third-order valence-electron chi connectivity index (χ3n) is 5.17. The molecule has 30 heavy (non-hydrogen) atoms. The number of carbonyl (C=O) groups excluding carboxylic acids is 3. The lowest BCUT2D eigenvalue weighted by Crippen LogP contribution is -2.42. The van der Waals surface area contributed by atoms with Crippen molar-refractivity contribution in [3.63, 3.8) is 0 Å². The monoisotopic (exact) mass is 408 g/mol. The van der Waals surface area contributed by atoms with Crippen LogP contribution in [0.5, 0.6) is 0 Å². The lowest BCUT2D eigenvalue weighted by atomic mass is 10.1. The van der Waals surface area contributed by atoms with Crippen LogP contribution in [-0.4, -0.2) is 53.7 Å². The summed E-state index contributed by atoms with van der Waals surface area (Å²) in [5.41, 5.74) is 8.59. The molecule has 3 amide bonds. The third kappa shape index (κ3) is 6.15. The van der Waals surface area contributed by atoms with E-state index >= 15 is 0 Å². The number of aryl methyl sites for hydroxylation is 1. The average molecular weight is 409 g/mol. The second kappa shape index (κ2) is 9.54. The van der Waals surface area contributed by atoms with Gasteiger partial charge in [-0.2, -0.15) is 0 Å². The van der Waals surface area contributed by atoms with Crippen molar-refractivity contribution in [3.05, 3.63) is 65.2 Å². The van der Waals surface area contributed by atoms with E-state index in [9.17, 15) is 14.4 Å². The zero-order valence-electron chi connectivity index (χ0n) is 17.4. The lowest BCUT2D eigenvalue weighted by molar-refractivity contribution is -0.134. The Kier molecular flexibility index (Phi) is 6.84. The van der Waals surface area contributed by atoms with E-state index in [2.05, 4.69) is 10.2 Å². The van der Waals surface area contributed by atoms with Crippen molar-refractivity contribution >= 4 is 23.4 Å². The van der Waals surface area contributed by atoms with Crippen molar-refractivity contribution in [1.82, 2.24) is 9.80 Å². The summed E-state index contributed by atoms with van der Waals surface area (Å²) in [6.45, 7) is 2.84. The highest BCUT2D eigenvalue weighted by atomic mass is 16.2. The van der Waals surface area contributed by atoms with Gasteiger partial charge in [0.2, 0.25) is 17.7 Å². The fourth-order valence-electron chi connectivity index (χ4n) is 3.20. The summed E-state index contributed by atoms with van der Waals surface area (Å²) in [5.74, 6) is -0.786. The molecule has 1 aliphatic carbocycles. The molecule has 0 aliphatic heterocycles. The number of nitrogens with one attached hydrogen (secondary N) is 1. The number of primary amides is 1. The Bertz CT molecular complexity index is 905. The van der Waals surface area contributed by atoms with Crippen LogP contribution < -0.4 is 11.1 Å². The highest BCUT2D eigenvalue weighted by Crippen LogP contribution is 2.28. The van der Waals surface area contributed by atoms with Gasteiger partial charge in [0.25, 0.3) is 0 Å². The van der Waals surface area contributed by atoms with Crippen LogP contribution in [0.15, 0.2) is 48.5 Å². The molecular weight excluding hydrogens is 380 g/mol. The van der Waals surface area contributed by atoms with Gasteiger partial charge >= 0.3 is 0 Å². The lowest BCUT2D eigenvalue weighted by Gasteiger charge is -2.25. The Hall–Kier alpha value is -3.19. The maximum atomic E-state index is 12.7. The molecule has 1 saturated carbocycles. The van der Waals surface area contributed by atoms with E-state index in [-0.39, 0.29) is 24.9 Å². The van der Waals surface area contributed by atoms with Crippen LogP contribution in [0.2, 0.25) is 0 Å². The molecule has 1 fully saturated rings. The number of nitrogens with zero attached hydrogens (tertiary/aromatic N) is 2. The molecule has 158 valence electrons. The zero-order chi connectivity index (χ0) is 21.7. The minimum atomic E-state index is -0.457. The van der Waals surface area contributed by atoms with Crippen molar-refractivity contribution in [2.45, 2.75) is 32.4 Å². The molecule has 0 aromatic heterocycles. The van der Waals surface area contributed by atoms with Gasteiger partial charge in [-0.1, -0.05) is 29.8 Å². The van der Waals surface area contributed by atoms with Crippen LogP contribution in [0.3, 0.4) is 0 Å². The number of anilines is 1. The van der Waals surface area contributed by atoms with E-state index < -0.39 is 5.91 Å². The fraction of sp³-hybridized carbons (Fsp3) is 0.348. The molecule has 0 heterocycles. The van der Waals surface area contributed by atoms with Crippen LogP contribution in [0.25, 0.3) is 0 Å². The van der Waals surface area contributed by atoms with Crippen LogP contribution in [-0.2, 0) is 16.1 Å². The number of hydrogen-bond acceptors (Lipinski definition) is 4. The molecule has 7 heteroatoms. The maximum absolute atomic E-state index is 12.7. The Morgan fingerprint density at radius 2 is 1.63 bits per heavy atom. The predicted molar refractivity (Wildman–Crippen MR) is 116 cm³/mol. The molecule has 3 N–H and O–H groups in total. The quantitative estimate of drug-likeness (QED) is 0.665. The van der Waals surface area contributed by atoms with Crippen LogP contribution in [0.4, 0.5) is 5.69 Å². The van der Waals surface area contributed by atoms with E-state index in [0.29, 0.717) is 23.8 Å². The van der Waals surface area contributed by atoms with Gasteiger partial charge in [0.15, 0.2) is 0 Å². The number of benzene rings is 2. The molecule has 3 rings (SSSR count). The first-order chi connectivity index (χ1) is 14.3. The molecule has 1 aliphatic rings. The number of hydrogen-bond donors (Lipinski definition) is 2. The molecule has 0 saturated heterocycles. The Labute approximate surface area is 176 Å². The second-order valence-electron chi connectivity index (χ2n) is 7.86. The van der Waals surface area contributed by atoms with E-state index in [1.165, 1.54) is 4.90 Å². The highest BCUT2D eigenvalue weighted by molar-refractivity contribution is 5.94. The molecular formula is C23H28N4O3. The number of carbonyl (C=O) groups is 3. The molecule has 0 radical (unpaired) electrons. The van der Waals surface area contributed by atoms with E-state index in [4.69, 9.17) is 5.73 Å². The van der Waals surface area contributed by atoms with E-state index in [1.54, 1.807) is 19.2 Å². The zero-order valence-corrected chi connectivity index (χ0v) is 17.4. The summed E-state index contributed by atoms with van der Waals surface area (Å²) in [6, 6.07) is 15.0. The first kappa shape index (κ1) is 21.5. The number of likely N-dealkylation sites (N-methyl/N-ethyl adjacent to an activating group) is 1. The van der Waals surface area contributed by atoms with Crippen molar-refractivity contribution in [1.29, 1.82) is 0 Å². The molecule has 2 aromatic carbocycles. The minimum absolute atomic E-state index is 0.00146. The smallest absolute Gasteiger partial charge is 0.248 e. The summed E-state index contributed by atoms with van der Waals surface area (Å²) < 4.78 is 0. The molecule has 0 spiro atoms.